The van der Waals surface area contributed by atoms with Crippen molar-refractivity contribution in [3.05, 3.63) is 77.3 Å². The number of pyridine rings is 1. The summed E-state index contributed by atoms with van der Waals surface area (Å²) < 4.78 is 5.68. The zero-order valence-corrected chi connectivity index (χ0v) is 14.3. The number of H-pyrrole nitrogens is 1. The number of nitrogen functional groups attached to an aromatic ring is 1. The summed E-state index contributed by atoms with van der Waals surface area (Å²) in [6.07, 6.45) is 4.10. The van der Waals surface area contributed by atoms with Gasteiger partial charge in [0.25, 0.3) is 0 Å². The van der Waals surface area contributed by atoms with Gasteiger partial charge in [0.2, 0.25) is 0 Å². The molecule has 4 aromatic rings. The van der Waals surface area contributed by atoms with E-state index >= 15 is 0 Å². The molecule has 1 atom stereocenters. The van der Waals surface area contributed by atoms with E-state index < -0.39 is 0 Å². The third kappa shape index (κ3) is 2.26. The smallest absolute Gasteiger partial charge is 0.142 e. The first-order valence-corrected chi connectivity index (χ1v) is 8.62. The lowest BCUT2D eigenvalue weighted by molar-refractivity contribution is 0.580. The van der Waals surface area contributed by atoms with Crippen LogP contribution in [0.15, 0.2) is 59.3 Å². The lowest BCUT2D eigenvalue weighted by Gasteiger charge is -2.28. The number of hydrogen-bond donors (Lipinski definition) is 2. The summed E-state index contributed by atoms with van der Waals surface area (Å²) in [6.45, 7) is 0. The van der Waals surface area contributed by atoms with Crippen LogP contribution in [0.5, 0.6) is 0 Å². The molecule has 3 N–H and O–H groups in total. The van der Waals surface area contributed by atoms with Gasteiger partial charge >= 0.3 is 0 Å². The van der Waals surface area contributed by atoms with Crippen molar-refractivity contribution in [2.75, 3.05) is 5.73 Å². The zero-order valence-electron chi connectivity index (χ0n) is 14.3. The van der Waals surface area contributed by atoms with Crippen LogP contribution in [0, 0.1) is 11.3 Å². The molecule has 5 rings (SSSR count). The van der Waals surface area contributed by atoms with Gasteiger partial charge in [-0.3, -0.25) is 5.10 Å². The molecule has 0 fully saturated rings. The van der Waals surface area contributed by atoms with Gasteiger partial charge < -0.3 is 10.2 Å². The number of anilines is 1. The lowest BCUT2D eigenvalue weighted by Crippen LogP contribution is -2.17. The summed E-state index contributed by atoms with van der Waals surface area (Å²) in [5, 5.41) is 17.1. The maximum Gasteiger partial charge on any atom is 0.142 e. The van der Waals surface area contributed by atoms with Crippen LogP contribution in [0.2, 0.25) is 0 Å². The van der Waals surface area contributed by atoms with E-state index in [4.69, 9.17) is 10.2 Å². The number of fused-ring (bicyclic) bond motifs is 3. The molecule has 1 aliphatic carbocycles. The third-order valence-corrected chi connectivity index (χ3v) is 5.07. The number of rotatable bonds is 2. The van der Waals surface area contributed by atoms with Gasteiger partial charge in [-0.2, -0.15) is 10.4 Å². The molecule has 3 aromatic heterocycles. The van der Waals surface area contributed by atoms with E-state index in [1.165, 1.54) is 0 Å². The molecule has 0 amide bonds. The highest BCUT2D eigenvalue weighted by Gasteiger charge is 2.34. The first-order valence-electron chi connectivity index (χ1n) is 8.62. The summed E-state index contributed by atoms with van der Waals surface area (Å²) in [7, 11) is 0. The van der Waals surface area contributed by atoms with Crippen LogP contribution >= 0.6 is 0 Å². The van der Waals surface area contributed by atoms with Crippen LogP contribution in [-0.2, 0) is 6.42 Å². The average Bonchev–Trinajstić information content (AvgIpc) is 3.39. The van der Waals surface area contributed by atoms with Crippen LogP contribution in [0.4, 0.5) is 5.82 Å². The molecule has 130 valence electrons. The molecule has 27 heavy (non-hydrogen) atoms. The Balaban J connectivity index is 1.90. The fourth-order valence-corrected chi connectivity index (χ4v) is 3.90. The van der Waals surface area contributed by atoms with Gasteiger partial charge in [0.1, 0.15) is 23.2 Å². The predicted molar refractivity (Wildman–Crippen MR) is 101 cm³/mol. The Morgan fingerprint density at radius 3 is 2.78 bits per heavy atom. The Labute approximate surface area is 155 Å². The summed E-state index contributed by atoms with van der Waals surface area (Å²) in [4.78, 5) is 4.60. The second-order valence-corrected chi connectivity index (χ2v) is 6.53. The Morgan fingerprint density at radius 2 is 2.04 bits per heavy atom. The first kappa shape index (κ1) is 15.4. The zero-order chi connectivity index (χ0) is 18.4. The molecular weight excluding hydrogens is 338 g/mol. The van der Waals surface area contributed by atoms with Crippen molar-refractivity contribution in [1.82, 2.24) is 15.2 Å². The second-order valence-electron chi connectivity index (χ2n) is 6.53. The molecule has 6 heteroatoms. The number of nitrogens with zero attached hydrogens (tertiary/aromatic N) is 3. The van der Waals surface area contributed by atoms with E-state index in [-0.39, 0.29) is 11.7 Å². The van der Waals surface area contributed by atoms with E-state index in [0.717, 1.165) is 34.5 Å². The van der Waals surface area contributed by atoms with E-state index in [9.17, 15) is 5.26 Å². The molecule has 0 saturated heterocycles. The standard InChI is InChI=1S/C21H15N5O/c22-10-14-18(17-7-4-8-27-17)19-13(12-5-2-1-3-6-12)9-16-15(11-24-26-16)20(19)25-21(14)23/h1-8,11,13H,9H2,(H2,23,25)(H,24,26). The number of nitriles is 1. The minimum Gasteiger partial charge on any atom is -0.464 e. The van der Waals surface area contributed by atoms with E-state index in [1.54, 1.807) is 12.5 Å². The minimum atomic E-state index is 0.00875. The van der Waals surface area contributed by atoms with Crippen molar-refractivity contribution in [3.8, 4) is 28.7 Å². The Hall–Kier alpha value is -3.85. The van der Waals surface area contributed by atoms with Gasteiger partial charge in [-0.1, -0.05) is 30.3 Å². The molecule has 0 aliphatic heterocycles. The topological polar surface area (TPSA) is 105 Å². The normalized spacial score (nSPS) is 15.0. The number of benzene rings is 1. The van der Waals surface area contributed by atoms with Gasteiger partial charge in [-0.05, 0) is 23.3 Å². The molecule has 6 nitrogen and oxygen atoms in total. The van der Waals surface area contributed by atoms with Gasteiger partial charge in [0.15, 0.2) is 0 Å². The van der Waals surface area contributed by atoms with Gasteiger partial charge in [0.05, 0.1) is 18.2 Å². The average molecular weight is 353 g/mol. The Kier molecular flexibility index (Phi) is 3.34. The van der Waals surface area contributed by atoms with Gasteiger partial charge in [-0.25, -0.2) is 4.98 Å². The van der Waals surface area contributed by atoms with Crippen molar-refractivity contribution in [1.29, 1.82) is 5.26 Å². The SMILES string of the molecule is N#Cc1c(N)nc2c(c1-c1ccco1)C(c1ccccc1)Cc1[nH]ncc1-2. The van der Waals surface area contributed by atoms with Crippen LogP contribution in [0.25, 0.3) is 22.6 Å². The lowest BCUT2D eigenvalue weighted by atomic mass is 9.77. The van der Waals surface area contributed by atoms with E-state index in [1.807, 2.05) is 30.3 Å². The molecule has 1 aliphatic rings. The number of nitrogens with two attached hydrogens (primary N) is 1. The van der Waals surface area contributed by atoms with Crippen LogP contribution in [-0.4, -0.2) is 15.2 Å². The van der Waals surface area contributed by atoms with Gasteiger partial charge in [0, 0.05) is 29.2 Å². The van der Waals surface area contributed by atoms with E-state index in [0.29, 0.717) is 16.9 Å². The summed E-state index contributed by atoms with van der Waals surface area (Å²) in [6, 6.07) is 16.1. The molecular formula is C21H15N5O. The summed E-state index contributed by atoms with van der Waals surface area (Å²) in [5.74, 6) is 0.822. The van der Waals surface area contributed by atoms with Gasteiger partial charge in [-0.15, -0.1) is 0 Å². The molecule has 1 aromatic carbocycles. The number of furan rings is 1. The first-order chi connectivity index (χ1) is 13.3. The third-order valence-electron chi connectivity index (χ3n) is 5.07. The fourth-order valence-electron chi connectivity index (χ4n) is 3.90. The molecule has 0 spiro atoms. The molecule has 0 bridgehead atoms. The molecule has 0 radical (unpaired) electrons. The van der Waals surface area contributed by atoms with Crippen LogP contribution < -0.4 is 5.73 Å². The van der Waals surface area contributed by atoms with Crippen molar-refractivity contribution in [3.63, 3.8) is 0 Å². The number of aromatic amines is 1. The number of hydrogen-bond acceptors (Lipinski definition) is 5. The predicted octanol–water partition coefficient (Wildman–Crippen LogP) is 3.87. The largest absolute Gasteiger partial charge is 0.464 e. The maximum absolute atomic E-state index is 9.78. The number of nitrogens with one attached hydrogen (secondary N) is 1. The maximum atomic E-state index is 9.78. The monoisotopic (exact) mass is 353 g/mol. The fraction of sp³-hybridized carbons (Fsp3) is 0.0952. The highest BCUT2D eigenvalue weighted by atomic mass is 16.3. The molecule has 3 heterocycles. The summed E-state index contributed by atoms with van der Waals surface area (Å²) >= 11 is 0. The minimum absolute atomic E-state index is 0.00875. The van der Waals surface area contributed by atoms with Crippen molar-refractivity contribution >= 4 is 5.82 Å². The van der Waals surface area contributed by atoms with Crippen LogP contribution in [0.1, 0.15) is 28.3 Å². The quantitative estimate of drug-likeness (QED) is 0.569. The number of aromatic nitrogens is 3. The van der Waals surface area contributed by atoms with Crippen molar-refractivity contribution < 1.29 is 4.42 Å². The summed E-state index contributed by atoms with van der Waals surface area (Å²) in [5.41, 5.74) is 12.0. The molecule has 1 unspecified atom stereocenters. The van der Waals surface area contributed by atoms with Crippen LogP contribution in [0.3, 0.4) is 0 Å². The van der Waals surface area contributed by atoms with E-state index in [2.05, 4.69) is 33.4 Å². The van der Waals surface area contributed by atoms with Crippen molar-refractivity contribution in [2.45, 2.75) is 12.3 Å². The highest BCUT2D eigenvalue weighted by Crippen LogP contribution is 2.47. The molecule has 0 saturated carbocycles. The Bertz CT molecular complexity index is 1170. The van der Waals surface area contributed by atoms with Crippen molar-refractivity contribution in [2.24, 2.45) is 0 Å². The Morgan fingerprint density at radius 1 is 1.19 bits per heavy atom. The highest BCUT2D eigenvalue weighted by molar-refractivity contribution is 5.85. The second kappa shape index (κ2) is 5.85.